The molecule has 0 unspecified atom stereocenters. The Morgan fingerprint density at radius 2 is 2.12 bits per heavy atom. The highest BCUT2D eigenvalue weighted by molar-refractivity contribution is 7.80. The van der Waals surface area contributed by atoms with Crippen LogP contribution < -0.4 is 5.73 Å². The van der Waals surface area contributed by atoms with Gasteiger partial charge in [0.2, 0.25) is 0 Å². The molecule has 0 aromatic heterocycles. The molecule has 0 radical (unpaired) electrons. The topological polar surface area (TPSA) is 35.2 Å². The summed E-state index contributed by atoms with van der Waals surface area (Å²) in [6.07, 6.45) is 0.880. The minimum Gasteiger partial charge on any atom is -0.389 e. The molecule has 0 saturated carbocycles. The Kier molecular flexibility index (Phi) is 4.60. The fraction of sp³-hybridized carbons (Fsp3) is 0.462. The summed E-state index contributed by atoms with van der Waals surface area (Å²) in [5.41, 5.74) is 6.72. The van der Waals surface area contributed by atoms with Crippen LogP contribution in [0.15, 0.2) is 18.2 Å². The molecule has 2 nitrogen and oxygen atoms in total. The van der Waals surface area contributed by atoms with Crippen molar-refractivity contribution in [2.75, 3.05) is 0 Å². The van der Waals surface area contributed by atoms with E-state index in [0.717, 1.165) is 6.42 Å². The lowest BCUT2D eigenvalue weighted by atomic mass is 10.1. The second kappa shape index (κ2) is 5.56. The summed E-state index contributed by atoms with van der Waals surface area (Å²) < 4.78 is 18.9. The van der Waals surface area contributed by atoms with E-state index in [0.29, 0.717) is 17.7 Å². The zero-order valence-electron chi connectivity index (χ0n) is 10.4. The van der Waals surface area contributed by atoms with E-state index < -0.39 is 0 Å². The summed E-state index contributed by atoms with van der Waals surface area (Å²) in [7, 11) is 0. The van der Waals surface area contributed by atoms with Crippen molar-refractivity contribution in [2.24, 2.45) is 5.73 Å². The van der Waals surface area contributed by atoms with Crippen LogP contribution in [-0.4, -0.2) is 10.6 Å². The average molecular weight is 255 g/mol. The Bertz CT molecular complexity index is 418. The summed E-state index contributed by atoms with van der Waals surface area (Å²) in [5.74, 6) is -0.307. The summed E-state index contributed by atoms with van der Waals surface area (Å²) in [6, 6.07) is 4.36. The van der Waals surface area contributed by atoms with E-state index in [2.05, 4.69) is 0 Å². The number of hydrogen-bond acceptors (Lipinski definition) is 2. The highest BCUT2D eigenvalue weighted by Gasteiger charge is 2.16. The zero-order valence-corrected chi connectivity index (χ0v) is 11.2. The van der Waals surface area contributed by atoms with Crippen molar-refractivity contribution in [3.8, 4) is 0 Å². The Balaban J connectivity index is 2.89. The average Bonchev–Trinajstić information content (AvgIpc) is 2.26. The molecule has 0 aliphatic rings. The molecule has 17 heavy (non-hydrogen) atoms. The van der Waals surface area contributed by atoms with Gasteiger partial charge in [0.15, 0.2) is 0 Å². The molecule has 2 N–H and O–H groups in total. The van der Waals surface area contributed by atoms with Gasteiger partial charge in [-0.15, -0.1) is 0 Å². The highest BCUT2D eigenvalue weighted by atomic mass is 32.1. The minimum atomic E-state index is -0.307. The van der Waals surface area contributed by atoms with Gasteiger partial charge >= 0.3 is 0 Å². The van der Waals surface area contributed by atoms with Crippen LogP contribution >= 0.6 is 12.2 Å². The smallest absolute Gasteiger partial charge is 0.123 e. The van der Waals surface area contributed by atoms with E-state index in [-0.39, 0.29) is 16.4 Å². The van der Waals surface area contributed by atoms with E-state index in [1.165, 1.54) is 12.1 Å². The van der Waals surface area contributed by atoms with Crippen LogP contribution in [0.4, 0.5) is 4.39 Å². The monoisotopic (exact) mass is 255 g/mol. The Hall–Kier alpha value is -1.00. The van der Waals surface area contributed by atoms with Crippen LogP contribution in [0.5, 0.6) is 0 Å². The maximum Gasteiger partial charge on any atom is 0.123 e. The second-order valence-electron chi connectivity index (χ2n) is 4.57. The van der Waals surface area contributed by atoms with Crippen molar-refractivity contribution in [3.05, 3.63) is 35.1 Å². The molecule has 0 fully saturated rings. The molecule has 0 spiro atoms. The number of thiocarbonyl (C=S) groups is 1. The SMILES string of the molecule is CCC(C)(C)OCc1cc(F)ccc1C(N)=S. The molecule has 4 heteroatoms. The maximum absolute atomic E-state index is 13.2. The van der Waals surface area contributed by atoms with Crippen LogP contribution in [0.1, 0.15) is 38.3 Å². The first kappa shape index (κ1) is 14.1. The predicted molar refractivity (Wildman–Crippen MR) is 71.4 cm³/mol. The number of ether oxygens (including phenoxy) is 1. The van der Waals surface area contributed by atoms with Gasteiger partial charge in [0.05, 0.1) is 12.2 Å². The standard InChI is InChI=1S/C13H18FNOS/c1-4-13(2,3)16-8-9-7-10(14)5-6-11(9)12(15)17/h5-7H,4,8H2,1-3H3,(H2,15,17). The van der Waals surface area contributed by atoms with E-state index in [1.54, 1.807) is 6.07 Å². The van der Waals surface area contributed by atoms with Crippen molar-refractivity contribution in [2.45, 2.75) is 39.4 Å². The molecule has 0 atom stereocenters. The Labute approximate surface area is 107 Å². The van der Waals surface area contributed by atoms with Crippen LogP contribution in [0.25, 0.3) is 0 Å². The number of halogens is 1. The lowest BCUT2D eigenvalue weighted by Gasteiger charge is -2.24. The van der Waals surface area contributed by atoms with Crippen molar-refractivity contribution in [1.82, 2.24) is 0 Å². The van der Waals surface area contributed by atoms with Crippen LogP contribution in [0.2, 0.25) is 0 Å². The third kappa shape index (κ3) is 4.06. The van der Waals surface area contributed by atoms with Gasteiger partial charge in [-0.05, 0) is 44.0 Å². The van der Waals surface area contributed by atoms with E-state index in [1.807, 2.05) is 20.8 Å². The molecule has 1 aromatic carbocycles. The lowest BCUT2D eigenvalue weighted by molar-refractivity contribution is -0.0317. The molecular formula is C13H18FNOS. The van der Waals surface area contributed by atoms with Gasteiger partial charge in [-0.25, -0.2) is 4.39 Å². The number of rotatable bonds is 5. The summed E-state index contributed by atoms with van der Waals surface area (Å²) in [5, 5.41) is 0. The lowest BCUT2D eigenvalue weighted by Crippen LogP contribution is -2.23. The Morgan fingerprint density at radius 1 is 1.47 bits per heavy atom. The molecule has 0 heterocycles. The third-order valence-corrected chi connectivity index (χ3v) is 3.02. The maximum atomic E-state index is 13.2. The summed E-state index contributed by atoms with van der Waals surface area (Å²) in [4.78, 5) is 0.262. The van der Waals surface area contributed by atoms with Crippen molar-refractivity contribution in [3.63, 3.8) is 0 Å². The van der Waals surface area contributed by atoms with Gasteiger partial charge in [-0.1, -0.05) is 19.1 Å². The minimum absolute atomic E-state index is 0.236. The highest BCUT2D eigenvalue weighted by Crippen LogP contribution is 2.19. The fourth-order valence-corrected chi connectivity index (χ4v) is 1.50. The van der Waals surface area contributed by atoms with Crippen LogP contribution in [0, 0.1) is 5.82 Å². The predicted octanol–water partition coefficient (Wildman–Crippen LogP) is 3.17. The molecule has 0 aliphatic carbocycles. The molecular weight excluding hydrogens is 237 g/mol. The number of benzene rings is 1. The molecule has 1 aromatic rings. The molecule has 0 bridgehead atoms. The van der Waals surface area contributed by atoms with Gasteiger partial charge in [0.1, 0.15) is 10.8 Å². The van der Waals surface area contributed by atoms with E-state index >= 15 is 0 Å². The fourth-order valence-electron chi connectivity index (χ4n) is 1.30. The second-order valence-corrected chi connectivity index (χ2v) is 5.01. The molecule has 0 saturated heterocycles. The first-order chi connectivity index (χ1) is 7.85. The summed E-state index contributed by atoms with van der Waals surface area (Å²) >= 11 is 4.93. The molecule has 1 rings (SSSR count). The van der Waals surface area contributed by atoms with E-state index in [4.69, 9.17) is 22.7 Å². The van der Waals surface area contributed by atoms with Gasteiger partial charge in [0, 0.05) is 5.56 Å². The van der Waals surface area contributed by atoms with Crippen molar-refractivity contribution < 1.29 is 9.13 Å². The largest absolute Gasteiger partial charge is 0.389 e. The Morgan fingerprint density at radius 3 is 2.65 bits per heavy atom. The number of hydrogen-bond donors (Lipinski definition) is 1. The molecule has 0 aliphatic heterocycles. The van der Waals surface area contributed by atoms with Gasteiger partial charge in [0.25, 0.3) is 0 Å². The van der Waals surface area contributed by atoms with Gasteiger partial charge in [-0.3, -0.25) is 0 Å². The zero-order chi connectivity index (χ0) is 13.1. The van der Waals surface area contributed by atoms with Gasteiger partial charge in [-0.2, -0.15) is 0 Å². The quantitative estimate of drug-likeness (QED) is 0.821. The number of nitrogens with two attached hydrogens (primary N) is 1. The normalized spacial score (nSPS) is 11.5. The van der Waals surface area contributed by atoms with Crippen molar-refractivity contribution in [1.29, 1.82) is 0 Å². The molecule has 0 amide bonds. The van der Waals surface area contributed by atoms with Crippen LogP contribution in [-0.2, 0) is 11.3 Å². The van der Waals surface area contributed by atoms with Crippen molar-refractivity contribution >= 4 is 17.2 Å². The van der Waals surface area contributed by atoms with Gasteiger partial charge < -0.3 is 10.5 Å². The van der Waals surface area contributed by atoms with E-state index in [9.17, 15) is 4.39 Å². The first-order valence-electron chi connectivity index (χ1n) is 5.58. The third-order valence-electron chi connectivity index (χ3n) is 2.80. The first-order valence-corrected chi connectivity index (χ1v) is 5.99. The molecule has 94 valence electrons. The van der Waals surface area contributed by atoms with Crippen LogP contribution in [0.3, 0.4) is 0 Å². The summed E-state index contributed by atoms with van der Waals surface area (Å²) in [6.45, 7) is 6.34.